The van der Waals surface area contributed by atoms with Crippen LogP contribution in [-0.2, 0) is 29.4 Å². The number of morpholine rings is 1. The molecule has 3 aromatic rings. The van der Waals surface area contributed by atoms with Crippen molar-refractivity contribution < 1.29 is 30.8 Å². The molecule has 35 heavy (non-hydrogen) atoms. The van der Waals surface area contributed by atoms with Crippen molar-refractivity contribution in [3.05, 3.63) is 41.4 Å². The van der Waals surface area contributed by atoms with E-state index in [1.54, 1.807) is 6.92 Å². The molecule has 2 heterocycles. The number of nitrogens with one attached hydrogen (secondary N) is 1. The third kappa shape index (κ3) is 5.81. The summed E-state index contributed by atoms with van der Waals surface area (Å²) in [6.45, 7) is 2.69. The SMILES string of the molecule is CCS(=O)(=O)c1ccc2oc(SCC(=O)Nc3cc(S(=O)(=O)N4CCOCC4)ccc3Cl)nc2c1. The number of sulfonamides is 1. The van der Waals surface area contributed by atoms with Crippen LogP contribution in [0.25, 0.3) is 11.1 Å². The summed E-state index contributed by atoms with van der Waals surface area (Å²) in [6, 6.07) is 8.54. The molecule has 0 saturated carbocycles. The summed E-state index contributed by atoms with van der Waals surface area (Å²) in [5.41, 5.74) is 0.928. The number of hydrogen-bond donors (Lipinski definition) is 1. The highest BCUT2D eigenvalue weighted by Crippen LogP contribution is 2.29. The van der Waals surface area contributed by atoms with E-state index in [9.17, 15) is 21.6 Å². The minimum Gasteiger partial charge on any atom is -0.431 e. The van der Waals surface area contributed by atoms with Gasteiger partial charge in [0.15, 0.2) is 15.4 Å². The van der Waals surface area contributed by atoms with Crippen LogP contribution in [0.2, 0.25) is 5.02 Å². The molecular formula is C21H22ClN3O7S3. The predicted molar refractivity (Wildman–Crippen MR) is 132 cm³/mol. The van der Waals surface area contributed by atoms with E-state index < -0.39 is 25.8 Å². The zero-order valence-electron chi connectivity index (χ0n) is 18.6. The van der Waals surface area contributed by atoms with Crippen LogP contribution in [0.3, 0.4) is 0 Å². The lowest BCUT2D eigenvalue weighted by atomic mass is 10.3. The van der Waals surface area contributed by atoms with Crippen LogP contribution >= 0.6 is 23.4 Å². The zero-order valence-corrected chi connectivity index (χ0v) is 21.8. The van der Waals surface area contributed by atoms with Crippen LogP contribution in [-0.4, -0.2) is 69.8 Å². The number of aromatic nitrogens is 1. The van der Waals surface area contributed by atoms with Gasteiger partial charge in [-0.25, -0.2) is 21.8 Å². The summed E-state index contributed by atoms with van der Waals surface area (Å²) in [5, 5.41) is 3.00. The number of nitrogens with zero attached hydrogens (tertiary/aromatic N) is 2. The molecule has 14 heteroatoms. The fraction of sp³-hybridized carbons (Fsp3) is 0.333. The topological polar surface area (TPSA) is 136 Å². The van der Waals surface area contributed by atoms with Crippen molar-refractivity contribution >= 4 is 65.9 Å². The smallest absolute Gasteiger partial charge is 0.257 e. The monoisotopic (exact) mass is 559 g/mol. The van der Waals surface area contributed by atoms with Crippen LogP contribution in [0, 0.1) is 0 Å². The zero-order chi connectivity index (χ0) is 25.2. The standard InChI is InChI=1S/C21H22ClN3O7S3/c1-2-34(27,28)14-4-6-19-18(11-14)24-21(32-19)33-13-20(26)23-17-12-15(3-5-16(17)22)35(29,30)25-7-9-31-10-8-25/h3-6,11-12H,2,7-10,13H2,1H3,(H,23,26). The number of thioether (sulfide) groups is 1. The Morgan fingerprint density at radius 2 is 1.83 bits per heavy atom. The molecule has 188 valence electrons. The van der Waals surface area contributed by atoms with Crippen molar-refractivity contribution in [2.24, 2.45) is 0 Å². The van der Waals surface area contributed by atoms with Gasteiger partial charge >= 0.3 is 0 Å². The van der Waals surface area contributed by atoms with Gasteiger partial charge in [-0.2, -0.15) is 4.31 Å². The lowest BCUT2D eigenvalue weighted by molar-refractivity contribution is -0.113. The minimum atomic E-state index is -3.75. The van der Waals surface area contributed by atoms with E-state index in [1.807, 2.05) is 0 Å². The molecule has 4 rings (SSSR count). The Hall–Kier alpha value is -2.16. The molecule has 0 atom stereocenters. The first kappa shape index (κ1) is 25.9. The highest BCUT2D eigenvalue weighted by molar-refractivity contribution is 7.99. The van der Waals surface area contributed by atoms with E-state index in [0.717, 1.165) is 11.8 Å². The molecule has 2 aromatic carbocycles. The number of halogens is 1. The highest BCUT2D eigenvalue weighted by atomic mass is 35.5. The molecule has 1 fully saturated rings. The Morgan fingerprint density at radius 1 is 1.11 bits per heavy atom. The Morgan fingerprint density at radius 3 is 2.54 bits per heavy atom. The van der Waals surface area contributed by atoms with Gasteiger partial charge in [0, 0.05) is 13.1 Å². The minimum absolute atomic E-state index is 0.0172. The number of rotatable bonds is 8. The number of oxazole rings is 1. The van der Waals surface area contributed by atoms with Crippen LogP contribution in [0.4, 0.5) is 5.69 Å². The molecule has 1 saturated heterocycles. The fourth-order valence-electron chi connectivity index (χ4n) is 3.32. The van der Waals surface area contributed by atoms with Crippen LogP contribution in [0.5, 0.6) is 0 Å². The third-order valence-electron chi connectivity index (χ3n) is 5.23. The van der Waals surface area contributed by atoms with Gasteiger partial charge in [-0.15, -0.1) is 0 Å². The number of carbonyl (C=O) groups excluding carboxylic acids is 1. The number of ether oxygens (including phenoxy) is 1. The molecule has 0 aliphatic carbocycles. The lowest BCUT2D eigenvalue weighted by Crippen LogP contribution is -2.40. The second-order valence-corrected chi connectivity index (χ2v) is 13.1. The summed E-state index contributed by atoms with van der Waals surface area (Å²) in [7, 11) is -7.14. The van der Waals surface area contributed by atoms with Crippen LogP contribution in [0.1, 0.15) is 6.92 Å². The first-order valence-electron chi connectivity index (χ1n) is 10.5. The van der Waals surface area contributed by atoms with Gasteiger partial charge in [-0.1, -0.05) is 30.3 Å². The number of fused-ring (bicyclic) bond motifs is 1. The Labute approximate surface area is 211 Å². The Balaban J connectivity index is 1.44. The predicted octanol–water partition coefficient (Wildman–Crippen LogP) is 3.03. The first-order valence-corrected chi connectivity index (χ1v) is 15.0. The highest BCUT2D eigenvalue weighted by Gasteiger charge is 2.27. The average molecular weight is 560 g/mol. The molecule has 0 spiro atoms. The molecule has 1 N–H and O–H groups in total. The number of carbonyl (C=O) groups is 1. The van der Waals surface area contributed by atoms with E-state index in [2.05, 4.69) is 10.3 Å². The molecule has 10 nitrogen and oxygen atoms in total. The number of hydrogen-bond acceptors (Lipinski definition) is 9. The van der Waals surface area contributed by atoms with Crippen LogP contribution < -0.4 is 5.32 Å². The van der Waals surface area contributed by atoms with Crippen molar-refractivity contribution in [3.63, 3.8) is 0 Å². The third-order valence-corrected chi connectivity index (χ3v) is 10.0. The van der Waals surface area contributed by atoms with Gasteiger partial charge in [-0.05, 0) is 36.4 Å². The fourth-order valence-corrected chi connectivity index (χ4v) is 6.46. The summed E-state index contributed by atoms with van der Waals surface area (Å²) in [4.78, 5) is 16.9. The van der Waals surface area contributed by atoms with Gasteiger partial charge < -0.3 is 14.5 Å². The number of amides is 1. The maximum absolute atomic E-state index is 12.9. The normalized spacial score (nSPS) is 15.4. The van der Waals surface area contributed by atoms with E-state index in [-0.39, 0.29) is 50.3 Å². The maximum Gasteiger partial charge on any atom is 0.257 e. The lowest BCUT2D eigenvalue weighted by Gasteiger charge is -2.26. The molecular weight excluding hydrogens is 538 g/mol. The largest absolute Gasteiger partial charge is 0.431 e. The summed E-state index contributed by atoms with van der Waals surface area (Å²) in [6.07, 6.45) is 0. The van der Waals surface area contributed by atoms with Gasteiger partial charge in [0.05, 0.1) is 45.2 Å². The van der Waals surface area contributed by atoms with E-state index >= 15 is 0 Å². The molecule has 0 unspecified atom stereocenters. The Bertz CT molecular complexity index is 1470. The van der Waals surface area contributed by atoms with Crippen molar-refractivity contribution in [3.8, 4) is 0 Å². The van der Waals surface area contributed by atoms with Crippen LogP contribution in [0.15, 0.2) is 55.8 Å². The summed E-state index contributed by atoms with van der Waals surface area (Å²) >= 11 is 7.19. The second kappa shape index (κ2) is 10.4. The van der Waals surface area contributed by atoms with E-state index in [1.165, 1.54) is 40.7 Å². The summed E-state index contributed by atoms with van der Waals surface area (Å²) in [5.74, 6) is -0.575. The molecule has 1 aliphatic rings. The average Bonchev–Trinajstić information content (AvgIpc) is 3.27. The van der Waals surface area contributed by atoms with Crippen molar-refractivity contribution in [1.82, 2.24) is 9.29 Å². The van der Waals surface area contributed by atoms with E-state index in [0.29, 0.717) is 24.3 Å². The van der Waals surface area contributed by atoms with Crippen molar-refractivity contribution in [2.75, 3.05) is 43.1 Å². The van der Waals surface area contributed by atoms with E-state index in [4.69, 9.17) is 20.8 Å². The first-order chi connectivity index (χ1) is 16.6. The van der Waals surface area contributed by atoms with Crippen molar-refractivity contribution in [2.45, 2.75) is 21.9 Å². The molecule has 0 radical (unpaired) electrons. The van der Waals surface area contributed by atoms with Gasteiger partial charge in [-0.3, -0.25) is 4.79 Å². The molecule has 0 bridgehead atoms. The molecule has 1 aromatic heterocycles. The molecule has 1 amide bonds. The summed E-state index contributed by atoms with van der Waals surface area (Å²) < 4.78 is 62.0. The Kier molecular flexibility index (Phi) is 7.74. The quantitative estimate of drug-likeness (QED) is 0.413. The number of benzene rings is 2. The van der Waals surface area contributed by atoms with Gasteiger partial charge in [0.25, 0.3) is 5.22 Å². The van der Waals surface area contributed by atoms with Gasteiger partial charge in [0.2, 0.25) is 15.9 Å². The maximum atomic E-state index is 12.9. The number of anilines is 1. The van der Waals surface area contributed by atoms with Gasteiger partial charge in [0.1, 0.15) is 5.52 Å². The second-order valence-electron chi connectivity index (χ2n) is 7.51. The number of sulfone groups is 1. The van der Waals surface area contributed by atoms with Crippen molar-refractivity contribution in [1.29, 1.82) is 0 Å². The molecule has 1 aliphatic heterocycles.